The molecule has 0 N–H and O–H groups in total. The van der Waals surface area contributed by atoms with E-state index in [1.54, 1.807) is 23.5 Å². The molecule has 0 spiro atoms. The van der Waals surface area contributed by atoms with Crippen LogP contribution in [-0.2, 0) is 0 Å². The number of benzene rings is 2. The van der Waals surface area contributed by atoms with E-state index >= 15 is 0 Å². The fourth-order valence-electron chi connectivity index (χ4n) is 1.79. The second kappa shape index (κ2) is 6.70. The lowest BCUT2D eigenvalue weighted by molar-refractivity contribution is 1.25. The molecule has 0 saturated heterocycles. The largest absolute Gasteiger partial charge is 0.192 e. The summed E-state index contributed by atoms with van der Waals surface area (Å²) < 4.78 is 0. The Kier molecular flexibility index (Phi) is 4.95. The number of aryl methyl sites for hydroxylation is 1. The van der Waals surface area contributed by atoms with Crippen LogP contribution >= 0.6 is 23.5 Å². The van der Waals surface area contributed by atoms with Crippen LogP contribution in [0.2, 0.25) is 0 Å². The maximum Gasteiger partial charge on any atom is 0.101 e. The summed E-state index contributed by atoms with van der Waals surface area (Å²) in [7, 11) is 0. The van der Waals surface area contributed by atoms with Gasteiger partial charge in [-0.05, 0) is 36.9 Å². The van der Waals surface area contributed by atoms with E-state index in [0.717, 1.165) is 21.1 Å². The topological polar surface area (TPSA) is 23.8 Å². The van der Waals surface area contributed by atoms with Gasteiger partial charge in [-0.1, -0.05) is 42.4 Å². The quantitative estimate of drug-likeness (QED) is 0.728. The molecule has 0 heterocycles. The molecule has 3 heteroatoms. The molecule has 2 aromatic rings. The fourth-order valence-corrected chi connectivity index (χ4v) is 3.69. The van der Waals surface area contributed by atoms with Crippen molar-refractivity contribution in [1.29, 1.82) is 5.26 Å². The van der Waals surface area contributed by atoms with Crippen molar-refractivity contribution >= 4 is 23.5 Å². The van der Waals surface area contributed by atoms with Crippen molar-refractivity contribution in [2.45, 2.75) is 28.5 Å². The minimum absolute atomic E-state index is 0.792. The van der Waals surface area contributed by atoms with Gasteiger partial charge in [0.25, 0.3) is 0 Å². The molecule has 96 valence electrons. The lowest BCUT2D eigenvalue weighted by Gasteiger charge is -2.08. The van der Waals surface area contributed by atoms with Gasteiger partial charge in [0, 0.05) is 14.7 Å². The molecular formula is C16H15NS2. The molecular weight excluding hydrogens is 270 g/mol. The summed E-state index contributed by atoms with van der Waals surface area (Å²) in [5.74, 6) is 0.979. The van der Waals surface area contributed by atoms with Crippen LogP contribution in [0.15, 0.2) is 57.2 Å². The average Bonchev–Trinajstić information content (AvgIpc) is 2.39. The zero-order valence-electron chi connectivity index (χ0n) is 11.0. The summed E-state index contributed by atoms with van der Waals surface area (Å²) in [5.41, 5.74) is 2.03. The Morgan fingerprint density at radius 3 is 2.53 bits per heavy atom. The second-order valence-corrected chi connectivity index (χ2v) is 6.51. The first kappa shape index (κ1) is 14.0. The van der Waals surface area contributed by atoms with E-state index in [4.69, 9.17) is 0 Å². The van der Waals surface area contributed by atoms with E-state index in [1.165, 1.54) is 10.5 Å². The predicted molar refractivity (Wildman–Crippen MR) is 82.9 cm³/mol. The van der Waals surface area contributed by atoms with Crippen molar-refractivity contribution in [2.24, 2.45) is 0 Å². The normalized spacial score (nSPS) is 10.2. The number of nitrogens with zero attached hydrogens (tertiary/aromatic N) is 1. The van der Waals surface area contributed by atoms with E-state index in [2.05, 4.69) is 38.1 Å². The van der Waals surface area contributed by atoms with Gasteiger partial charge < -0.3 is 0 Å². The molecule has 0 aliphatic heterocycles. The Bertz CT molecular complexity index is 614. The molecule has 2 rings (SSSR count). The van der Waals surface area contributed by atoms with Gasteiger partial charge in [0.05, 0.1) is 5.56 Å². The summed E-state index contributed by atoms with van der Waals surface area (Å²) in [5, 5.41) is 9.38. The Balaban J connectivity index is 2.35. The maximum atomic E-state index is 9.38. The molecule has 0 aromatic heterocycles. The molecule has 0 amide bonds. The molecule has 2 aromatic carbocycles. The third kappa shape index (κ3) is 3.56. The lowest BCUT2D eigenvalue weighted by atomic mass is 10.2. The van der Waals surface area contributed by atoms with Crippen molar-refractivity contribution in [1.82, 2.24) is 0 Å². The second-order valence-electron chi connectivity index (χ2n) is 4.09. The van der Waals surface area contributed by atoms with Gasteiger partial charge >= 0.3 is 0 Å². The van der Waals surface area contributed by atoms with Crippen molar-refractivity contribution in [2.75, 3.05) is 5.75 Å². The number of thioether (sulfide) groups is 1. The predicted octanol–water partition coefficient (Wildman–Crippen LogP) is 5.13. The van der Waals surface area contributed by atoms with Crippen LogP contribution in [0.25, 0.3) is 0 Å². The van der Waals surface area contributed by atoms with Crippen molar-refractivity contribution in [3.8, 4) is 6.07 Å². The van der Waals surface area contributed by atoms with E-state index in [9.17, 15) is 5.26 Å². The standard InChI is InChI=1S/C16H15NS2/c1-3-18-15-8-5-9-16(14(15)11-17)19-13-7-4-6-12(2)10-13/h4-10H,3H2,1-2H3. The van der Waals surface area contributed by atoms with Crippen LogP contribution in [0.3, 0.4) is 0 Å². The first-order valence-corrected chi connectivity index (χ1v) is 7.95. The molecule has 0 fully saturated rings. The van der Waals surface area contributed by atoms with Crippen LogP contribution in [0.4, 0.5) is 0 Å². The minimum Gasteiger partial charge on any atom is -0.192 e. The maximum absolute atomic E-state index is 9.38. The van der Waals surface area contributed by atoms with Crippen LogP contribution in [0, 0.1) is 18.3 Å². The van der Waals surface area contributed by atoms with Crippen LogP contribution < -0.4 is 0 Å². The Labute approximate surface area is 123 Å². The van der Waals surface area contributed by atoms with Crippen molar-refractivity contribution in [3.05, 3.63) is 53.6 Å². The summed E-state index contributed by atoms with van der Waals surface area (Å²) >= 11 is 3.38. The van der Waals surface area contributed by atoms with Gasteiger partial charge in [0.2, 0.25) is 0 Å². The number of hydrogen-bond acceptors (Lipinski definition) is 3. The Morgan fingerprint density at radius 2 is 1.84 bits per heavy atom. The van der Waals surface area contributed by atoms with E-state index in [-0.39, 0.29) is 0 Å². The van der Waals surface area contributed by atoms with Gasteiger partial charge in [-0.3, -0.25) is 0 Å². The molecule has 0 radical (unpaired) electrons. The molecule has 1 nitrogen and oxygen atoms in total. The van der Waals surface area contributed by atoms with E-state index in [0.29, 0.717) is 0 Å². The molecule has 0 atom stereocenters. The molecule has 0 aliphatic carbocycles. The van der Waals surface area contributed by atoms with E-state index < -0.39 is 0 Å². The molecule has 0 aliphatic rings. The smallest absolute Gasteiger partial charge is 0.101 e. The Hall–Kier alpha value is -1.37. The zero-order valence-corrected chi connectivity index (χ0v) is 12.6. The zero-order chi connectivity index (χ0) is 13.7. The van der Waals surface area contributed by atoms with E-state index in [1.807, 2.05) is 24.3 Å². The molecule has 0 unspecified atom stereocenters. The van der Waals surface area contributed by atoms with Crippen LogP contribution in [0.5, 0.6) is 0 Å². The Morgan fingerprint density at radius 1 is 1.11 bits per heavy atom. The minimum atomic E-state index is 0.792. The number of nitriles is 1. The molecule has 19 heavy (non-hydrogen) atoms. The highest BCUT2D eigenvalue weighted by atomic mass is 32.2. The third-order valence-corrected chi connectivity index (χ3v) is 4.61. The van der Waals surface area contributed by atoms with Gasteiger partial charge in [-0.15, -0.1) is 11.8 Å². The number of hydrogen-bond donors (Lipinski definition) is 0. The highest BCUT2D eigenvalue weighted by Gasteiger charge is 2.09. The summed E-state index contributed by atoms with van der Waals surface area (Å²) in [6, 6.07) is 16.8. The highest BCUT2D eigenvalue weighted by molar-refractivity contribution is 8.00. The first-order chi connectivity index (χ1) is 9.24. The lowest BCUT2D eigenvalue weighted by Crippen LogP contribution is -1.86. The first-order valence-electron chi connectivity index (χ1n) is 6.15. The average molecular weight is 285 g/mol. The summed E-state index contributed by atoms with van der Waals surface area (Å²) in [4.78, 5) is 3.28. The third-order valence-electron chi connectivity index (χ3n) is 2.62. The van der Waals surface area contributed by atoms with Crippen molar-refractivity contribution < 1.29 is 0 Å². The van der Waals surface area contributed by atoms with Gasteiger partial charge in [-0.25, -0.2) is 0 Å². The SMILES string of the molecule is CCSc1cccc(Sc2cccc(C)c2)c1C#N. The van der Waals surface area contributed by atoms with Gasteiger partial charge in [0.1, 0.15) is 6.07 Å². The summed E-state index contributed by atoms with van der Waals surface area (Å²) in [6.07, 6.45) is 0. The van der Waals surface area contributed by atoms with Gasteiger partial charge in [0.15, 0.2) is 0 Å². The van der Waals surface area contributed by atoms with Crippen LogP contribution in [-0.4, -0.2) is 5.75 Å². The van der Waals surface area contributed by atoms with Crippen molar-refractivity contribution in [3.63, 3.8) is 0 Å². The number of rotatable bonds is 4. The summed E-state index contributed by atoms with van der Waals surface area (Å²) in [6.45, 7) is 4.19. The molecule has 0 saturated carbocycles. The molecule has 0 bridgehead atoms. The fraction of sp³-hybridized carbons (Fsp3) is 0.188. The van der Waals surface area contributed by atoms with Gasteiger partial charge in [-0.2, -0.15) is 5.26 Å². The highest BCUT2D eigenvalue weighted by Crippen LogP contribution is 2.35. The van der Waals surface area contributed by atoms with Crippen LogP contribution in [0.1, 0.15) is 18.1 Å². The monoisotopic (exact) mass is 285 g/mol.